The van der Waals surface area contributed by atoms with Crippen molar-refractivity contribution < 1.29 is 0 Å². The lowest BCUT2D eigenvalue weighted by molar-refractivity contribution is 0.112. The first kappa shape index (κ1) is 13.6. The summed E-state index contributed by atoms with van der Waals surface area (Å²) in [5.41, 5.74) is 1.34. The van der Waals surface area contributed by atoms with Gasteiger partial charge >= 0.3 is 0 Å². The van der Waals surface area contributed by atoms with Gasteiger partial charge in [0.25, 0.3) is 0 Å². The molecule has 1 fully saturated rings. The lowest BCUT2D eigenvalue weighted by Crippen LogP contribution is -2.42. The molecule has 1 aliphatic rings. The van der Waals surface area contributed by atoms with Crippen molar-refractivity contribution in [3.05, 3.63) is 18.2 Å². The summed E-state index contributed by atoms with van der Waals surface area (Å²) < 4.78 is 2.16. The Kier molecular flexibility index (Phi) is 4.40. The molecule has 2 rings (SSSR count). The number of hydrogen-bond donors (Lipinski definition) is 1. The molecule has 0 aromatic carbocycles. The third kappa shape index (κ3) is 2.93. The highest BCUT2D eigenvalue weighted by Crippen LogP contribution is 2.34. The van der Waals surface area contributed by atoms with Crippen molar-refractivity contribution >= 4 is 0 Å². The van der Waals surface area contributed by atoms with Gasteiger partial charge in [-0.15, -0.1) is 0 Å². The molecule has 0 amide bonds. The summed E-state index contributed by atoms with van der Waals surface area (Å²) in [6.45, 7) is 6.71. The Morgan fingerprint density at radius 3 is 2.83 bits per heavy atom. The largest absolute Gasteiger partial charge is 0.336 e. The molecule has 0 bridgehead atoms. The predicted octanol–water partition coefficient (Wildman–Crippen LogP) is 1.80. The third-order valence-corrected chi connectivity index (χ3v) is 3.95. The smallest absolute Gasteiger partial charge is 0.0946 e. The fraction of sp³-hybridized carbons (Fsp3) is 0.786. The minimum absolute atomic E-state index is 0.498. The van der Waals surface area contributed by atoms with Gasteiger partial charge in [0.2, 0.25) is 0 Å². The standard InChI is InChI=1S/C14H26N4/c1-11(2)16-8-12-6-5-7-17(3)14(12)13-9-15-10-18(13)4/h9-12,14,16H,5-8H2,1-4H3. The summed E-state index contributed by atoms with van der Waals surface area (Å²) in [6, 6.07) is 1.06. The van der Waals surface area contributed by atoms with Gasteiger partial charge in [-0.3, -0.25) is 4.90 Å². The van der Waals surface area contributed by atoms with Gasteiger partial charge < -0.3 is 9.88 Å². The monoisotopic (exact) mass is 250 g/mol. The molecule has 0 radical (unpaired) electrons. The van der Waals surface area contributed by atoms with E-state index in [0.29, 0.717) is 18.0 Å². The third-order valence-electron chi connectivity index (χ3n) is 3.95. The number of likely N-dealkylation sites (tertiary alicyclic amines) is 1. The summed E-state index contributed by atoms with van der Waals surface area (Å²) in [5, 5.41) is 3.59. The summed E-state index contributed by atoms with van der Waals surface area (Å²) >= 11 is 0. The van der Waals surface area contributed by atoms with E-state index in [-0.39, 0.29) is 0 Å². The number of piperidine rings is 1. The van der Waals surface area contributed by atoms with Crippen LogP contribution in [0.3, 0.4) is 0 Å². The molecule has 2 atom stereocenters. The van der Waals surface area contributed by atoms with E-state index in [0.717, 1.165) is 6.54 Å². The SMILES string of the molecule is CC(C)NCC1CCCN(C)C1c1cncn1C. The van der Waals surface area contributed by atoms with Crippen molar-refractivity contribution in [2.24, 2.45) is 13.0 Å². The zero-order chi connectivity index (χ0) is 13.1. The maximum absolute atomic E-state index is 4.28. The van der Waals surface area contributed by atoms with E-state index >= 15 is 0 Å². The Hall–Kier alpha value is -0.870. The fourth-order valence-corrected chi connectivity index (χ4v) is 2.98. The van der Waals surface area contributed by atoms with Crippen molar-refractivity contribution in [3.8, 4) is 0 Å². The van der Waals surface area contributed by atoms with E-state index in [1.54, 1.807) is 0 Å². The average molecular weight is 250 g/mol. The minimum Gasteiger partial charge on any atom is -0.336 e. The Labute approximate surface area is 110 Å². The number of aryl methyl sites for hydroxylation is 1. The Morgan fingerprint density at radius 1 is 1.44 bits per heavy atom. The van der Waals surface area contributed by atoms with E-state index < -0.39 is 0 Å². The first-order chi connectivity index (χ1) is 8.59. The number of rotatable bonds is 4. The van der Waals surface area contributed by atoms with Gasteiger partial charge in [-0.1, -0.05) is 13.8 Å². The molecule has 102 valence electrons. The van der Waals surface area contributed by atoms with Gasteiger partial charge in [0.15, 0.2) is 0 Å². The van der Waals surface area contributed by atoms with Gasteiger partial charge in [0.05, 0.1) is 18.1 Å². The maximum Gasteiger partial charge on any atom is 0.0946 e. The Bertz CT molecular complexity index is 372. The molecule has 2 unspecified atom stereocenters. The molecule has 4 heteroatoms. The second kappa shape index (κ2) is 5.85. The highest BCUT2D eigenvalue weighted by molar-refractivity contribution is 5.08. The van der Waals surface area contributed by atoms with Crippen LogP contribution in [0.5, 0.6) is 0 Å². The van der Waals surface area contributed by atoms with Crippen LogP contribution >= 0.6 is 0 Å². The van der Waals surface area contributed by atoms with Crippen molar-refractivity contribution in [1.29, 1.82) is 0 Å². The van der Waals surface area contributed by atoms with E-state index in [2.05, 4.69) is 47.7 Å². The van der Waals surface area contributed by atoms with Crippen LogP contribution in [0.1, 0.15) is 38.4 Å². The number of nitrogens with one attached hydrogen (secondary N) is 1. The number of imidazole rings is 1. The zero-order valence-electron chi connectivity index (χ0n) is 12.1. The van der Waals surface area contributed by atoms with Crippen molar-refractivity contribution in [1.82, 2.24) is 19.8 Å². The summed E-state index contributed by atoms with van der Waals surface area (Å²) in [6.07, 6.45) is 6.54. The Morgan fingerprint density at radius 2 is 2.22 bits per heavy atom. The number of nitrogens with zero attached hydrogens (tertiary/aromatic N) is 3. The van der Waals surface area contributed by atoms with Crippen molar-refractivity contribution in [3.63, 3.8) is 0 Å². The molecule has 1 N–H and O–H groups in total. The summed E-state index contributed by atoms with van der Waals surface area (Å²) in [4.78, 5) is 6.76. The van der Waals surface area contributed by atoms with Gasteiger partial charge in [-0.25, -0.2) is 4.98 Å². The molecule has 18 heavy (non-hydrogen) atoms. The van der Waals surface area contributed by atoms with Crippen LogP contribution in [0.25, 0.3) is 0 Å². The van der Waals surface area contributed by atoms with Crippen LogP contribution in [-0.2, 0) is 7.05 Å². The quantitative estimate of drug-likeness (QED) is 0.884. The number of aromatic nitrogens is 2. The Balaban J connectivity index is 2.13. The van der Waals surface area contributed by atoms with Gasteiger partial charge in [-0.2, -0.15) is 0 Å². The maximum atomic E-state index is 4.28. The van der Waals surface area contributed by atoms with Crippen LogP contribution < -0.4 is 5.32 Å². The van der Waals surface area contributed by atoms with E-state index in [4.69, 9.17) is 0 Å². The topological polar surface area (TPSA) is 33.1 Å². The molecule has 4 nitrogen and oxygen atoms in total. The molecule has 1 aromatic heterocycles. The summed E-state index contributed by atoms with van der Waals surface area (Å²) in [5.74, 6) is 0.682. The van der Waals surface area contributed by atoms with E-state index in [9.17, 15) is 0 Å². The van der Waals surface area contributed by atoms with Crippen LogP contribution in [0.15, 0.2) is 12.5 Å². The van der Waals surface area contributed by atoms with Crippen LogP contribution in [0, 0.1) is 5.92 Å². The van der Waals surface area contributed by atoms with Crippen molar-refractivity contribution in [2.75, 3.05) is 20.1 Å². The van der Waals surface area contributed by atoms with Crippen molar-refractivity contribution in [2.45, 2.75) is 38.8 Å². The molecule has 1 aliphatic heterocycles. The summed E-state index contributed by atoms with van der Waals surface area (Å²) in [7, 11) is 4.33. The normalized spacial score (nSPS) is 25.8. The molecule has 1 aromatic rings. The zero-order valence-corrected chi connectivity index (χ0v) is 12.1. The van der Waals surface area contributed by atoms with Crippen LogP contribution in [0.2, 0.25) is 0 Å². The molecule has 1 saturated heterocycles. The van der Waals surface area contributed by atoms with Gasteiger partial charge in [-0.05, 0) is 32.4 Å². The first-order valence-electron chi connectivity index (χ1n) is 6.99. The average Bonchev–Trinajstić information content (AvgIpc) is 2.72. The molecule has 0 aliphatic carbocycles. The highest BCUT2D eigenvalue weighted by Gasteiger charge is 2.31. The van der Waals surface area contributed by atoms with E-state index in [1.165, 1.54) is 25.1 Å². The highest BCUT2D eigenvalue weighted by atomic mass is 15.2. The second-order valence-electron chi connectivity index (χ2n) is 5.82. The molecular weight excluding hydrogens is 224 g/mol. The lowest BCUT2D eigenvalue weighted by atomic mass is 9.87. The fourth-order valence-electron chi connectivity index (χ4n) is 2.98. The predicted molar refractivity (Wildman–Crippen MR) is 74.4 cm³/mol. The van der Waals surface area contributed by atoms with Gasteiger partial charge in [0.1, 0.15) is 0 Å². The lowest BCUT2D eigenvalue weighted by Gasteiger charge is -2.39. The van der Waals surface area contributed by atoms with Crippen LogP contribution in [-0.4, -0.2) is 40.6 Å². The molecular formula is C14H26N4. The first-order valence-corrected chi connectivity index (χ1v) is 6.99. The minimum atomic E-state index is 0.498. The molecule has 2 heterocycles. The van der Waals surface area contributed by atoms with E-state index in [1.807, 2.05) is 12.5 Å². The molecule has 0 spiro atoms. The van der Waals surface area contributed by atoms with Gasteiger partial charge in [0, 0.05) is 25.8 Å². The molecule has 0 saturated carbocycles. The second-order valence-corrected chi connectivity index (χ2v) is 5.82. The van der Waals surface area contributed by atoms with Crippen LogP contribution in [0.4, 0.5) is 0 Å². The number of hydrogen-bond acceptors (Lipinski definition) is 3.